The van der Waals surface area contributed by atoms with Gasteiger partial charge < -0.3 is 9.64 Å². The first-order valence-electron chi connectivity index (χ1n) is 7.56. The van der Waals surface area contributed by atoms with Crippen LogP contribution >= 0.6 is 11.8 Å². The average Bonchev–Trinajstić information content (AvgIpc) is 2.56. The Morgan fingerprint density at radius 3 is 2.86 bits per heavy atom. The number of amides is 1. The number of aromatic nitrogens is 2. The van der Waals surface area contributed by atoms with E-state index >= 15 is 0 Å². The van der Waals surface area contributed by atoms with Gasteiger partial charge in [0.05, 0.1) is 12.1 Å². The summed E-state index contributed by atoms with van der Waals surface area (Å²) in [7, 11) is 0. The Morgan fingerprint density at radius 2 is 2.09 bits per heavy atom. The quantitative estimate of drug-likeness (QED) is 0.813. The summed E-state index contributed by atoms with van der Waals surface area (Å²) in [6.07, 6.45) is 3.35. The highest BCUT2D eigenvalue weighted by molar-refractivity contribution is 8.00. The number of rotatable bonds is 3. The molecule has 2 heterocycles. The van der Waals surface area contributed by atoms with Crippen molar-refractivity contribution in [1.82, 2.24) is 14.9 Å². The maximum atomic E-state index is 11.7. The highest BCUT2D eigenvalue weighted by Crippen LogP contribution is 2.32. The Bertz CT molecular complexity index is 651. The van der Waals surface area contributed by atoms with E-state index in [4.69, 9.17) is 4.74 Å². The zero-order valence-corrected chi connectivity index (χ0v) is 13.4. The minimum atomic E-state index is -0.196. The summed E-state index contributed by atoms with van der Waals surface area (Å²) in [5.41, 5.74) is 0.976. The van der Waals surface area contributed by atoms with E-state index in [1.54, 1.807) is 23.0 Å². The van der Waals surface area contributed by atoms with E-state index in [1.165, 1.54) is 0 Å². The van der Waals surface area contributed by atoms with Crippen LogP contribution in [0.4, 0.5) is 4.79 Å². The van der Waals surface area contributed by atoms with Crippen molar-refractivity contribution in [2.24, 2.45) is 0 Å². The van der Waals surface area contributed by atoms with Gasteiger partial charge in [0.1, 0.15) is 11.4 Å². The molecule has 2 aromatic rings. The molecule has 3 rings (SSSR count). The van der Waals surface area contributed by atoms with Crippen molar-refractivity contribution in [3.05, 3.63) is 30.6 Å². The number of carbonyl (C=O) groups excluding carboxylic acids is 1. The van der Waals surface area contributed by atoms with E-state index in [-0.39, 0.29) is 6.09 Å². The first-order valence-corrected chi connectivity index (χ1v) is 8.44. The van der Waals surface area contributed by atoms with Crippen LogP contribution in [-0.2, 0) is 4.74 Å². The lowest BCUT2D eigenvalue weighted by atomic mass is 10.1. The van der Waals surface area contributed by atoms with Gasteiger partial charge in [0.25, 0.3) is 0 Å². The van der Waals surface area contributed by atoms with Crippen molar-refractivity contribution in [2.75, 3.05) is 19.7 Å². The Balaban J connectivity index is 1.64. The lowest BCUT2D eigenvalue weighted by molar-refractivity contribution is 0.100. The predicted octanol–water partition coefficient (Wildman–Crippen LogP) is 3.34. The number of thioether (sulfide) groups is 1. The average molecular weight is 317 g/mol. The van der Waals surface area contributed by atoms with Gasteiger partial charge in [0, 0.05) is 23.7 Å². The first-order chi connectivity index (χ1) is 10.8. The van der Waals surface area contributed by atoms with Crippen molar-refractivity contribution in [3.8, 4) is 0 Å². The Kier molecular flexibility index (Phi) is 4.77. The summed E-state index contributed by atoms with van der Waals surface area (Å²) in [5, 5.41) is 2.60. The van der Waals surface area contributed by atoms with Crippen LogP contribution in [0, 0.1) is 0 Å². The molecule has 6 heteroatoms. The normalized spacial score (nSPS) is 16.0. The number of para-hydroxylation sites is 1. The summed E-state index contributed by atoms with van der Waals surface area (Å²) in [5.74, 6) is 0. The van der Waals surface area contributed by atoms with Gasteiger partial charge in [-0.1, -0.05) is 18.2 Å². The molecule has 0 N–H and O–H groups in total. The molecule has 116 valence electrons. The fourth-order valence-corrected chi connectivity index (χ4v) is 3.77. The van der Waals surface area contributed by atoms with Crippen molar-refractivity contribution >= 4 is 28.8 Å². The minimum absolute atomic E-state index is 0.196. The van der Waals surface area contributed by atoms with Crippen LogP contribution in [0.15, 0.2) is 35.6 Å². The van der Waals surface area contributed by atoms with Crippen molar-refractivity contribution in [2.45, 2.75) is 30.0 Å². The molecule has 1 aliphatic heterocycles. The van der Waals surface area contributed by atoms with E-state index < -0.39 is 0 Å². The SMILES string of the molecule is CCOC(=O)N1CCC(Sc2ncnc3ccccc23)CC1. The second-order valence-corrected chi connectivity index (χ2v) is 6.49. The molecule has 0 spiro atoms. The molecule has 0 saturated carbocycles. The lowest BCUT2D eigenvalue weighted by Crippen LogP contribution is -2.39. The molecule has 0 radical (unpaired) electrons. The summed E-state index contributed by atoms with van der Waals surface area (Å²) in [4.78, 5) is 22.2. The molecule has 1 aromatic carbocycles. The predicted molar refractivity (Wildman–Crippen MR) is 87.0 cm³/mol. The van der Waals surface area contributed by atoms with Crippen LogP contribution in [0.1, 0.15) is 19.8 Å². The number of hydrogen-bond acceptors (Lipinski definition) is 5. The van der Waals surface area contributed by atoms with Gasteiger partial charge in [0.15, 0.2) is 0 Å². The zero-order valence-electron chi connectivity index (χ0n) is 12.6. The number of likely N-dealkylation sites (tertiary alicyclic amines) is 1. The molecule has 1 fully saturated rings. The fraction of sp³-hybridized carbons (Fsp3) is 0.438. The number of piperidine rings is 1. The number of ether oxygens (including phenoxy) is 1. The van der Waals surface area contributed by atoms with Crippen LogP contribution in [0.2, 0.25) is 0 Å². The third kappa shape index (κ3) is 3.32. The van der Waals surface area contributed by atoms with Gasteiger partial charge in [-0.3, -0.25) is 0 Å². The molecular formula is C16H19N3O2S. The van der Waals surface area contributed by atoms with E-state index in [0.717, 1.165) is 41.9 Å². The van der Waals surface area contributed by atoms with Crippen LogP contribution in [-0.4, -0.2) is 45.9 Å². The minimum Gasteiger partial charge on any atom is -0.450 e. The third-order valence-electron chi connectivity index (χ3n) is 3.75. The number of fused-ring (bicyclic) bond motifs is 1. The van der Waals surface area contributed by atoms with E-state index in [9.17, 15) is 4.79 Å². The largest absolute Gasteiger partial charge is 0.450 e. The van der Waals surface area contributed by atoms with Crippen molar-refractivity contribution in [1.29, 1.82) is 0 Å². The second-order valence-electron chi connectivity index (χ2n) is 5.20. The molecular weight excluding hydrogens is 298 g/mol. The highest BCUT2D eigenvalue weighted by Gasteiger charge is 2.24. The van der Waals surface area contributed by atoms with Gasteiger partial charge in [-0.25, -0.2) is 14.8 Å². The maximum absolute atomic E-state index is 11.7. The molecule has 0 unspecified atom stereocenters. The van der Waals surface area contributed by atoms with E-state index in [2.05, 4.69) is 16.0 Å². The van der Waals surface area contributed by atoms with Crippen LogP contribution in [0.5, 0.6) is 0 Å². The van der Waals surface area contributed by atoms with Gasteiger partial charge in [-0.05, 0) is 25.8 Å². The Hall–Kier alpha value is -1.82. The Morgan fingerprint density at radius 1 is 1.32 bits per heavy atom. The number of hydrogen-bond donors (Lipinski definition) is 0. The summed E-state index contributed by atoms with van der Waals surface area (Å²) in [6.45, 7) is 3.76. The molecule has 1 saturated heterocycles. The summed E-state index contributed by atoms with van der Waals surface area (Å²) >= 11 is 1.79. The van der Waals surface area contributed by atoms with Gasteiger partial charge in [0.2, 0.25) is 0 Å². The molecule has 0 aliphatic carbocycles. The highest BCUT2D eigenvalue weighted by atomic mass is 32.2. The molecule has 1 aliphatic rings. The van der Waals surface area contributed by atoms with Crippen molar-refractivity contribution < 1.29 is 9.53 Å². The van der Waals surface area contributed by atoms with E-state index in [0.29, 0.717) is 11.9 Å². The standard InChI is InChI=1S/C16H19N3O2S/c1-2-21-16(20)19-9-7-12(8-10-19)22-15-13-5-3-4-6-14(13)17-11-18-15/h3-6,11-12H,2,7-10H2,1H3. The monoisotopic (exact) mass is 317 g/mol. The van der Waals surface area contributed by atoms with Crippen LogP contribution in [0.25, 0.3) is 10.9 Å². The van der Waals surface area contributed by atoms with Gasteiger partial charge in [-0.15, -0.1) is 11.8 Å². The van der Waals surface area contributed by atoms with Crippen LogP contribution in [0.3, 0.4) is 0 Å². The van der Waals surface area contributed by atoms with E-state index in [1.807, 2.05) is 25.1 Å². The fourth-order valence-electron chi connectivity index (χ4n) is 2.60. The number of nitrogens with zero attached hydrogens (tertiary/aromatic N) is 3. The summed E-state index contributed by atoms with van der Waals surface area (Å²) in [6, 6.07) is 8.07. The zero-order chi connectivity index (χ0) is 15.4. The molecule has 0 bridgehead atoms. The lowest BCUT2D eigenvalue weighted by Gasteiger charge is -2.30. The number of carbonyl (C=O) groups is 1. The second kappa shape index (κ2) is 6.96. The van der Waals surface area contributed by atoms with Gasteiger partial charge in [-0.2, -0.15) is 0 Å². The topological polar surface area (TPSA) is 55.3 Å². The molecule has 0 atom stereocenters. The molecule has 1 amide bonds. The van der Waals surface area contributed by atoms with Crippen molar-refractivity contribution in [3.63, 3.8) is 0 Å². The Labute approximate surface area is 134 Å². The smallest absolute Gasteiger partial charge is 0.409 e. The van der Waals surface area contributed by atoms with Gasteiger partial charge >= 0.3 is 6.09 Å². The summed E-state index contributed by atoms with van der Waals surface area (Å²) < 4.78 is 5.05. The maximum Gasteiger partial charge on any atom is 0.409 e. The number of benzene rings is 1. The van der Waals surface area contributed by atoms with Crippen LogP contribution < -0.4 is 0 Å². The third-order valence-corrected chi connectivity index (χ3v) is 5.11. The molecule has 5 nitrogen and oxygen atoms in total. The molecule has 1 aromatic heterocycles. The first kappa shape index (κ1) is 15.1. The molecule has 22 heavy (non-hydrogen) atoms.